The lowest BCUT2D eigenvalue weighted by molar-refractivity contribution is 0.653. The molecule has 0 aliphatic carbocycles. The van der Waals surface area contributed by atoms with Gasteiger partial charge in [-0.15, -0.1) is 0 Å². The summed E-state index contributed by atoms with van der Waals surface area (Å²) in [4.78, 5) is 2.08. The largest absolute Gasteiger partial charge is 0.350 e. The fraction of sp³-hybridized carbons (Fsp3) is 0.111. The van der Waals surface area contributed by atoms with Crippen molar-refractivity contribution in [3.05, 3.63) is 83.6 Å². The lowest BCUT2D eigenvalue weighted by Gasteiger charge is -2.28. The molecule has 0 fully saturated rings. The molecule has 20 heavy (non-hydrogen) atoms. The number of benzene rings is 2. The Balaban J connectivity index is 2.12. The van der Waals surface area contributed by atoms with Crippen molar-refractivity contribution in [2.75, 3.05) is 7.05 Å². The number of hydrogen-bond acceptors (Lipinski definition) is 2. The van der Waals surface area contributed by atoms with E-state index in [-0.39, 0.29) is 0 Å². The maximum atomic E-state index is 5.66. The summed E-state index contributed by atoms with van der Waals surface area (Å²) in [6, 6.07) is 16.8. The molecule has 2 aromatic carbocycles. The minimum Gasteiger partial charge on any atom is -0.350 e. The van der Waals surface area contributed by atoms with E-state index in [2.05, 4.69) is 66.2 Å². The van der Waals surface area contributed by atoms with Crippen molar-refractivity contribution in [2.45, 2.75) is 6.54 Å². The van der Waals surface area contributed by atoms with Gasteiger partial charge in [0.25, 0.3) is 0 Å². The molecule has 0 radical (unpaired) electrons. The van der Waals surface area contributed by atoms with E-state index in [0.29, 0.717) is 6.54 Å². The normalized spacial score (nSPS) is 14.0. The first-order chi connectivity index (χ1) is 9.70. The van der Waals surface area contributed by atoms with Crippen molar-refractivity contribution in [1.82, 2.24) is 4.90 Å². The van der Waals surface area contributed by atoms with Crippen LogP contribution in [0.2, 0.25) is 0 Å². The highest BCUT2D eigenvalue weighted by atomic mass is 15.1. The molecule has 0 atom stereocenters. The van der Waals surface area contributed by atoms with Gasteiger partial charge in [-0.05, 0) is 16.7 Å². The van der Waals surface area contributed by atoms with Crippen LogP contribution < -0.4 is 5.73 Å². The minimum atomic E-state index is 0.576. The lowest BCUT2D eigenvalue weighted by Crippen LogP contribution is -2.15. The van der Waals surface area contributed by atoms with Crippen LogP contribution in [0.5, 0.6) is 0 Å². The van der Waals surface area contributed by atoms with Gasteiger partial charge in [0.1, 0.15) is 0 Å². The van der Waals surface area contributed by atoms with E-state index < -0.39 is 0 Å². The average molecular weight is 262 g/mol. The first-order valence-corrected chi connectivity index (χ1v) is 6.73. The van der Waals surface area contributed by atoms with Crippen LogP contribution in [-0.2, 0) is 6.54 Å². The summed E-state index contributed by atoms with van der Waals surface area (Å²) >= 11 is 0. The van der Waals surface area contributed by atoms with E-state index in [1.165, 1.54) is 22.3 Å². The molecule has 0 amide bonds. The highest BCUT2D eigenvalue weighted by Crippen LogP contribution is 2.35. The van der Waals surface area contributed by atoms with E-state index in [0.717, 1.165) is 11.3 Å². The Morgan fingerprint density at radius 1 is 1.00 bits per heavy atom. The highest BCUT2D eigenvalue weighted by molar-refractivity contribution is 5.89. The molecule has 1 heterocycles. The minimum absolute atomic E-state index is 0.576. The molecule has 0 unspecified atom stereocenters. The molecule has 0 saturated heterocycles. The summed E-state index contributed by atoms with van der Waals surface area (Å²) in [5, 5.41) is 0. The molecule has 0 aromatic heterocycles. The Kier molecular flexibility index (Phi) is 3.17. The maximum absolute atomic E-state index is 5.66. The molecular formula is C18H18N2. The molecule has 2 nitrogen and oxygen atoms in total. The summed E-state index contributed by atoms with van der Waals surface area (Å²) in [6.07, 6.45) is 2.14. The molecule has 0 spiro atoms. The topological polar surface area (TPSA) is 29.3 Å². The van der Waals surface area contributed by atoms with Gasteiger partial charge < -0.3 is 10.6 Å². The van der Waals surface area contributed by atoms with Crippen molar-refractivity contribution >= 4 is 11.3 Å². The van der Waals surface area contributed by atoms with E-state index >= 15 is 0 Å². The molecule has 1 aliphatic rings. The SMILES string of the molecule is C=C1c2ccccc2C(c2ccc(CN)cc2)=CN1C. The molecule has 100 valence electrons. The number of hydrogen-bond donors (Lipinski definition) is 1. The molecular weight excluding hydrogens is 244 g/mol. The third-order valence-corrected chi connectivity index (χ3v) is 3.78. The number of fused-ring (bicyclic) bond motifs is 1. The van der Waals surface area contributed by atoms with Gasteiger partial charge in [-0.3, -0.25) is 0 Å². The van der Waals surface area contributed by atoms with Gasteiger partial charge in [-0.2, -0.15) is 0 Å². The standard InChI is InChI=1S/C18H18N2/c1-13-16-5-3-4-6-17(16)18(12-20(13)2)15-9-7-14(11-19)8-10-15/h3-10,12H,1,11,19H2,2H3. The van der Waals surface area contributed by atoms with Crippen LogP contribution >= 0.6 is 0 Å². The second-order valence-corrected chi connectivity index (χ2v) is 5.05. The highest BCUT2D eigenvalue weighted by Gasteiger charge is 2.18. The summed E-state index contributed by atoms with van der Waals surface area (Å²) in [6.45, 7) is 4.73. The van der Waals surface area contributed by atoms with Crippen molar-refractivity contribution in [3.63, 3.8) is 0 Å². The van der Waals surface area contributed by atoms with E-state index in [1.807, 2.05) is 7.05 Å². The van der Waals surface area contributed by atoms with Crippen molar-refractivity contribution in [2.24, 2.45) is 5.73 Å². The Morgan fingerprint density at radius 2 is 1.65 bits per heavy atom. The van der Waals surface area contributed by atoms with Gasteiger partial charge in [-0.25, -0.2) is 0 Å². The third kappa shape index (κ3) is 2.04. The predicted octanol–water partition coefficient (Wildman–Crippen LogP) is 3.45. The zero-order valence-corrected chi connectivity index (χ0v) is 11.6. The summed E-state index contributed by atoms with van der Waals surface area (Å²) < 4.78 is 0. The second-order valence-electron chi connectivity index (χ2n) is 5.05. The molecule has 2 aromatic rings. The van der Waals surface area contributed by atoms with Crippen LogP contribution in [0.1, 0.15) is 22.3 Å². The van der Waals surface area contributed by atoms with Gasteiger partial charge in [0.05, 0.1) is 0 Å². The molecule has 0 bridgehead atoms. The van der Waals surface area contributed by atoms with Crippen molar-refractivity contribution < 1.29 is 0 Å². The number of nitrogens with two attached hydrogens (primary N) is 1. The summed E-state index contributed by atoms with van der Waals surface area (Å²) in [7, 11) is 2.03. The van der Waals surface area contributed by atoms with Crippen LogP contribution in [0.15, 0.2) is 61.3 Å². The van der Waals surface area contributed by atoms with Gasteiger partial charge in [0, 0.05) is 36.6 Å². The first-order valence-electron chi connectivity index (χ1n) is 6.73. The summed E-state index contributed by atoms with van der Waals surface area (Å²) in [5.41, 5.74) is 12.7. The first kappa shape index (κ1) is 12.7. The van der Waals surface area contributed by atoms with Crippen LogP contribution in [0.3, 0.4) is 0 Å². The van der Waals surface area contributed by atoms with E-state index in [1.54, 1.807) is 0 Å². The van der Waals surface area contributed by atoms with Gasteiger partial charge in [-0.1, -0.05) is 55.1 Å². The molecule has 2 N–H and O–H groups in total. The fourth-order valence-corrected chi connectivity index (χ4v) is 2.55. The molecule has 0 saturated carbocycles. The molecule has 3 rings (SSSR count). The Bertz CT molecular complexity index is 681. The third-order valence-electron chi connectivity index (χ3n) is 3.78. The Hall–Kier alpha value is -2.32. The van der Waals surface area contributed by atoms with Crippen molar-refractivity contribution in [1.29, 1.82) is 0 Å². The zero-order chi connectivity index (χ0) is 14.1. The van der Waals surface area contributed by atoms with Gasteiger partial charge >= 0.3 is 0 Å². The van der Waals surface area contributed by atoms with Crippen LogP contribution in [0.4, 0.5) is 0 Å². The fourth-order valence-electron chi connectivity index (χ4n) is 2.55. The number of nitrogens with zero attached hydrogens (tertiary/aromatic N) is 1. The Morgan fingerprint density at radius 3 is 2.30 bits per heavy atom. The summed E-state index contributed by atoms with van der Waals surface area (Å²) in [5.74, 6) is 0. The molecule has 1 aliphatic heterocycles. The van der Waals surface area contributed by atoms with Gasteiger partial charge in [0.2, 0.25) is 0 Å². The average Bonchev–Trinajstić information content (AvgIpc) is 2.51. The van der Waals surface area contributed by atoms with Crippen LogP contribution in [-0.4, -0.2) is 11.9 Å². The van der Waals surface area contributed by atoms with Gasteiger partial charge in [0.15, 0.2) is 0 Å². The predicted molar refractivity (Wildman–Crippen MR) is 84.7 cm³/mol. The quantitative estimate of drug-likeness (QED) is 0.898. The zero-order valence-electron chi connectivity index (χ0n) is 11.6. The number of rotatable bonds is 2. The second kappa shape index (κ2) is 4.99. The van der Waals surface area contributed by atoms with Crippen molar-refractivity contribution in [3.8, 4) is 0 Å². The van der Waals surface area contributed by atoms with Crippen LogP contribution in [0.25, 0.3) is 11.3 Å². The Labute approximate surface area is 119 Å². The van der Waals surface area contributed by atoms with Crippen LogP contribution in [0, 0.1) is 0 Å². The monoisotopic (exact) mass is 262 g/mol. The van der Waals surface area contributed by atoms with E-state index in [9.17, 15) is 0 Å². The molecule has 2 heteroatoms. The maximum Gasteiger partial charge on any atom is 0.0410 e. The van der Waals surface area contributed by atoms with E-state index in [4.69, 9.17) is 5.73 Å². The smallest absolute Gasteiger partial charge is 0.0410 e. The lowest BCUT2D eigenvalue weighted by atomic mass is 9.90.